The highest BCUT2D eigenvalue weighted by atomic mass is 35.5. The van der Waals surface area contributed by atoms with Gasteiger partial charge in [-0.25, -0.2) is 5.43 Å². The van der Waals surface area contributed by atoms with E-state index in [2.05, 4.69) is 31.5 Å². The summed E-state index contributed by atoms with van der Waals surface area (Å²) in [5.41, 5.74) is 4.32. The first kappa shape index (κ1) is 18.0. The molecule has 3 N–H and O–H groups in total. The van der Waals surface area contributed by atoms with Crippen molar-refractivity contribution < 1.29 is 9.53 Å². The summed E-state index contributed by atoms with van der Waals surface area (Å²) < 4.78 is 5.63. The van der Waals surface area contributed by atoms with Crippen LogP contribution < -0.4 is 20.8 Å². The summed E-state index contributed by atoms with van der Waals surface area (Å²) in [5, 5.41) is 20.4. The number of tetrazole rings is 1. The molecule has 4 atom stereocenters. The smallest absolute Gasteiger partial charge is 0.244 e. The van der Waals surface area contributed by atoms with Crippen LogP contribution in [0, 0.1) is 5.92 Å². The van der Waals surface area contributed by atoms with Gasteiger partial charge in [0.1, 0.15) is 0 Å². The Balaban J connectivity index is 1.66. The first-order chi connectivity index (χ1) is 13.0. The fraction of sp³-hybridized carbons (Fsp3) is 0.500. The van der Waals surface area contributed by atoms with Gasteiger partial charge in [-0.3, -0.25) is 15.1 Å². The maximum absolute atomic E-state index is 12.6. The lowest BCUT2D eigenvalue weighted by atomic mass is 9.90. The molecule has 2 aliphatic heterocycles. The molecule has 10 nitrogen and oxygen atoms in total. The standard InChI is InChI=1S/C16H21ClN8O2/c1-24-16(26)12-10(7-11(17)19-15(12)21-24)18-9-6-4-5-8(13(9)27-3)14-20-23-25(2)22-14/h4-6,10-12,15,18-19,21H,7H2,1-3H3. The second kappa shape index (κ2) is 6.95. The molecule has 0 saturated carbocycles. The van der Waals surface area contributed by atoms with E-state index in [-0.39, 0.29) is 29.5 Å². The van der Waals surface area contributed by atoms with Gasteiger partial charge in [0.25, 0.3) is 0 Å². The van der Waals surface area contributed by atoms with E-state index in [1.165, 1.54) is 9.81 Å². The fourth-order valence-electron chi connectivity index (χ4n) is 3.68. The van der Waals surface area contributed by atoms with Crippen molar-refractivity contribution in [2.75, 3.05) is 19.5 Å². The van der Waals surface area contributed by atoms with Crippen molar-refractivity contribution in [1.82, 2.24) is 36.0 Å². The number of piperidine rings is 1. The average Bonchev–Trinajstić information content (AvgIpc) is 3.18. The van der Waals surface area contributed by atoms with Crippen LogP contribution in [0.15, 0.2) is 18.2 Å². The number of amides is 1. The molecule has 11 heteroatoms. The Hall–Kier alpha value is -2.43. The van der Waals surface area contributed by atoms with Crippen molar-refractivity contribution in [2.24, 2.45) is 13.0 Å². The van der Waals surface area contributed by atoms with Crippen LogP contribution in [0.4, 0.5) is 5.69 Å². The number of carbonyl (C=O) groups excluding carboxylic acids is 1. The Labute approximate surface area is 161 Å². The number of fused-ring (bicyclic) bond motifs is 1. The molecule has 2 aliphatic rings. The predicted octanol–water partition coefficient (Wildman–Crippen LogP) is 0.143. The van der Waals surface area contributed by atoms with E-state index in [4.69, 9.17) is 16.3 Å². The van der Waals surface area contributed by atoms with E-state index in [1.807, 2.05) is 18.2 Å². The SMILES string of the molecule is COc1c(NC2CC(Cl)NC3NN(C)C(=O)C23)cccc1-c1nnn(C)n1. The minimum absolute atomic E-state index is 0.0132. The van der Waals surface area contributed by atoms with Crippen molar-refractivity contribution >= 4 is 23.2 Å². The van der Waals surface area contributed by atoms with E-state index in [0.717, 1.165) is 11.3 Å². The third-order valence-electron chi connectivity index (χ3n) is 4.87. The van der Waals surface area contributed by atoms with Gasteiger partial charge < -0.3 is 10.1 Å². The largest absolute Gasteiger partial charge is 0.494 e. The molecular formula is C16H21ClN8O2. The first-order valence-corrected chi connectivity index (χ1v) is 9.03. The molecule has 0 spiro atoms. The molecule has 2 saturated heterocycles. The second-order valence-electron chi connectivity index (χ2n) is 6.64. The van der Waals surface area contributed by atoms with Crippen LogP contribution in [-0.2, 0) is 11.8 Å². The summed E-state index contributed by atoms with van der Waals surface area (Å²) in [5.74, 6) is 0.792. The third-order valence-corrected chi connectivity index (χ3v) is 5.18. The van der Waals surface area contributed by atoms with E-state index in [0.29, 0.717) is 18.0 Å². The summed E-state index contributed by atoms with van der Waals surface area (Å²) >= 11 is 6.36. The van der Waals surface area contributed by atoms with Crippen LogP contribution in [0.25, 0.3) is 11.4 Å². The lowest BCUT2D eigenvalue weighted by molar-refractivity contribution is -0.131. The minimum atomic E-state index is -0.284. The molecule has 3 heterocycles. The highest BCUT2D eigenvalue weighted by Crippen LogP contribution is 2.37. The molecule has 0 bridgehead atoms. The van der Waals surface area contributed by atoms with Crippen LogP contribution in [0.3, 0.4) is 0 Å². The molecule has 0 aliphatic carbocycles. The Morgan fingerprint density at radius 2 is 2.19 bits per heavy atom. The molecular weight excluding hydrogens is 372 g/mol. The van der Waals surface area contributed by atoms with Gasteiger partial charge in [-0.2, -0.15) is 4.80 Å². The number of ether oxygens (including phenoxy) is 1. The van der Waals surface area contributed by atoms with E-state index in [9.17, 15) is 4.79 Å². The average molecular weight is 393 g/mol. The van der Waals surface area contributed by atoms with Gasteiger partial charge in [0.15, 0.2) is 5.75 Å². The normalized spacial score (nSPS) is 27.6. The topological polar surface area (TPSA) is 109 Å². The number of carbonyl (C=O) groups is 1. The van der Waals surface area contributed by atoms with Crippen LogP contribution in [0.2, 0.25) is 0 Å². The summed E-state index contributed by atoms with van der Waals surface area (Å²) in [7, 11) is 5.01. The number of aromatic nitrogens is 4. The molecule has 1 aromatic carbocycles. The zero-order valence-corrected chi connectivity index (χ0v) is 15.9. The fourth-order valence-corrected chi connectivity index (χ4v) is 4.01. The molecule has 2 fully saturated rings. The van der Waals surface area contributed by atoms with Gasteiger partial charge in [-0.1, -0.05) is 6.07 Å². The number of alkyl halides is 1. The number of hydrazine groups is 1. The van der Waals surface area contributed by atoms with Crippen molar-refractivity contribution in [3.8, 4) is 17.1 Å². The Morgan fingerprint density at radius 3 is 2.89 bits per heavy atom. The maximum Gasteiger partial charge on any atom is 0.244 e. The number of nitrogens with zero attached hydrogens (tertiary/aromatic N) is 5. The van der Waals surface area contributed by atoms with Crippen LogP contribution in [-0.4, -0.2) is 63.0 Å². The number of hydrogen-bond donors (Lipinski definition) is 3. The van der Waals surface area contributed by atoms with Gasteiger partial charge in [0.05, 0.1) is 43.0 Å². The second-order valence-corrected chi connectivity index (χ2v) is 7.17. The Kier molecular flexibility index (Phi) is 4.62. The Morgan fingerprint density at radius 1 is 1.37 bits per heavy atom. The van der Waals surface area contributed by atoms with Crippen molar-refractivity contribution in [1.29, 1.82) is 0 Å². The quantitative estimate of drug-likeness (QED) is 0.498. The number of rotatable bonds is 4. The number of benzene rings is 1. The van der Waals surface area contributed by atoms with Crippen LogP contribution in [0.5, 0.6) is 5.75 Å². The summed E-state index contributed by atoms with van der Waals surface area (Å²) in [6, 6.07) is 5.48. The van der Waals surface area contributed by atoms with E-state index in [1.54, 1.807) is 21.2 Å². The summed E-state index contributed by atoms with van der Waals surface area (Å²) in [6.45, 7) is 0. The lowest BCUT2D eigenvalue weighted by Crippen LogP contribution is -2.57. The summed E-state index contributed by atoms with van der Waals surface area (Å²) in [4.78, 5) is 14.0. The van der Waals surface area contributed by atoms with E-state index < -0.39 is 0 Å². The maximum atomic E-state index is 12.6. The molecule has 0 radical (unpaired) electrons. The van der Waals surface area contributed by atoms with Gasteiger partial charge >= 0.3 is 0 Å². The monoisotopic (exact) mass is 392 g/mol. The van der Waals surface area contributed by atoms with Crippen LogP contribution >= 0.6 is 11.6 Å². The van der Waals surface area contributed by atoms with Crippen molar-refractivity contribution in [2.45, 2.75) is 24.1 Å². The van der Waals surface area contributed by atoms with Gasteiger partial charge in [-0.15, -0.1) is 21.8 Å². The molecule has 144 valence electrons. The minimum Gasteiger partial charge on any atom is -0.494 e. The number of nitrogens with one attached hydrogen (secondary N) is 3. The number of halogens is 1. The van der Waals surface area contributed by atoms with Crippen LogP contribution in [0.1, 0.15) is 6.42 Å². The predicted molar refractivity (Wildman–Crippen MR) is 98.8 cm³/mol. The van der Waals surface area contributed by atoms with Gasteiger partial charge in [0, 0.05) is 13.1 Å². The van der Waals surface area contributed by atoms with Crippen molar-refractivity contribution in [3.63, 3.8) is 0 Å². The zero-order chi connectivity index (χ0) is 19.1. The molecule has 4 unspecified atom stereocenters. The molecule has 27 heavy (non-hydrogen) atoms. The highest BCUT2D eigenvalue weighted by Gasteiger charge is 2.48. The lowest BCUT2D eigenvalue weighted by Gasteiger charge is -2.36. The van der Waals surface area contributed by atoms with Crippen molar-refractivity contribution in [3.05, 3.63) is 18.2 Å². The van der Waals surface area contributed by atoms with E-state index >= 15 is 0 Å². The molecule has 4 rings (SSSR count). The Bertz CT molecular complexity index is 859. The number of hydrogen-bond acceptors (Lipinski definition) is 8. The summed E-state index contributed by atoms with van der Waals surface area (Å²) in [6.07, 6.45) is 0.368. The molecule has 1 amide bonds. The molecule has 2 aromatic rings. The number of methoxy groups -OCH3 is 1. The van der Waals surface area contributed by atoms with Gasteiger partial charge in [0.2, 0.25) is 11.7 Å². The zero-order valence-electron chi connectivity index (χ0n) is 15.2. The molecule has 1 aromatic heterocycles. The number of anilines is 1. The highest BCUT2D eigenvalue weighted by molar-refractivity contribution is 6.20. The first-order valence-electron chi connectivity index (χ1n) is 8.59. The number of aryl methyl sites for hydroxylation is 1. The van der Waals surface area contributed by atoms with Gasteiger partial charge in [-0.05, 0) is 23.8 Å². The number of para-hydroxylation sites is 1. The third kappa shape index (κ3) is 3.20.